The molecule has 82 valence electrons. The van der Waals surface area contributed by atoms with E-state index < -0.39 is 0 Å². The van der Waals surface area contributed by atoms with Gasteiger partial charge in [-0.3, -0.25) is 4.79 Å². The second-order valence-corrected chi connectivity index (χ2v) is 3.70. The van der Waals surface area contributed by atoms with Gasteiger partial charge in [0.1, 0.15) is 0 Å². The van der Waals surface area contributed by atoms with Crippen LogP contribution in [0.3, 0.4) is 0 Å². The maximum absolute atomic E-state index is 10.7. The summed E-state index contributed by atoms with van der Waals surface area (Å²) in [5, 5.41) is 0. The van der Waals surface area contributed by atoms with Crippen LogP contribution >= 0.6 is 0 Å². The molecule has 0 rings (SSSR count). The topological polar surface area (TPSA) is 46.3 Å². The Balaban J connectivity index is 3.55. The normalized spacial score (nSPS) is 12.1. The van der Waals surface area contributed by atoms with Crippen molar-refractivity contribution in [1.29, 1.82) is 0 Å². The van der Waals surface area contributed by atoms with Crippen molar-refractivity contribution in [3.8, 4) is 0 Å². The Morgan fingerprint density at radius 2 is 2.07 bits per heavy atom. The lowest BCUT2D eigenvalue weighted by Gasteiger charge is -2.14. The van der Waals surface area contributed by atoms with Crippen LogP contribution in [0.1, 0.15) is 33.1 Å². The molecular formula is C11H22N2O. The van der Waals surface area contributed by atoms with Crippen LogP contribution in [0.2, 0.25) is 0 Å². The summed E-state index contributed by atoms with van der Waals surface area (Å²) in [5.74, 6) is -0.313. The van der Waals surface area contributed by atoms with Gasteiger partial charge in [-0.25, -0.2) is 0 Å². The first-order valence-electron chi connectivity index (χ1n) is 5.23. The molecule has 0 aliphatic heterocycles. The van der Waals surface area contributed by atoms with E-state index in [0.717, 1.165) is 25.9 Å². The summed E-state index contributed by atoms with van der Waals surface area (Å²) < 4.78 is 0. The molecule has 0 atom stereocenters. The van der Waals surface area contributed by atoms with Gasteiger partial charge >= 0.3 is 0 Å². The van der Waals surface area contributed by atoms with E-state index in [4.69, 9.17) is 5.73 Å². The van der Waals surface area contributed by atoms with Crippen LogP contribution in [0, 0.1) is 0 Å². The molecule has 0 saturated heterocycles. The van der Waals surface area contributed by atoms with E-state index in [-0.39, 0.29) is 5.91 Å². The van der Waals surface area contributed by atoms with Gasteiger partial charge in [-0.05, 0) is 46.3 Å². The molecule has 0 aromatic rings. The maximum atomic E-state index is 10.7. The molecule has 0 aromatic heterocycles. The number of hydrogen-bond acceptors (Lipinski definition) is 2. The quantitative estimate of drug-likeness (QED) is 0.498. The zero-order chi connectivity index (χ0) is 11.0. The van der Waals surface area contributed by atoms with Crippen LogP contribution < -0.4 is 5.73 Å². The average molecular weight is 198 g/mol. The first-order chi connectivity index (χ1) is 6.57. The molecule has 0 aliphatic carbocycles. The highest BCUT2D eigenvalue weighted by Crippen LogP contribution is 1.99. The number of allylic oxidation sites excluding steroid dienone is 1. The molecule has 14 heavy (non-hydrogen) atoms. The molecule has 3 heteroatoms. The monoisotopic (exact) mass is 198 g/mol. The summed E-state index contributed by atoms with van der Waals surface area (Å²) in [6, 6.07) is 0. The van der Waals surface area contributed by atoms with E-state index in [0.29, 0.717) is 5.57 Å². The molecule has 2 N–H and O–H groups in total. The van der Waals surface area contributed by atoms with Gasteiger partial charge in [-0.1, -0.05) is 13.0 Å². The Labute approximate surface area is 87.0 Å². The van der Waals surface area contributed by atoms with Gasteiger partial charge in [-0.2, -0.15) is 0 Å². The van der Waals surface area contributed by atoms with E-state index in [1.807, 2.05) is 6.08 Å². The fraction of sp³-hybridized carbons (Fsp3) is 0.727. The van der Waals surface area contributed by atoms with Crippen molar-refractivity contribution in [1.82, 2.24) is 4.90 Å². The lowest BCUT2D eigenvalue weighted by atomic mass is 10.2. The molecule has 0 bridgehead atoms. The van der Waals surface area contributed by atoms with Crippen LogP contribution in [0.15, 0.2) is 11.6 Å². The summed E-state index contributed by atoms with van der Waals surface area (Å²) in [7, 11) is 2.12. The molecule has 3 nitrogen and oxygen atoms in total. The Bertz CT molecular complexity index is 199. The molecule has 0 aromatic carbocycles. The smallest absolute Gasteiger partial charge is 0.244 e. The number of amides is 1. The minimum absolute atomic E-state index is 0.313. The number of carbonyl (C=O) groups is 1. The number of primary amides is 1. The summed E-state index contributed by atoms with van der Waals surface area (Å²) in [6.07, 6.45) is 5.12. The summed E-state index contributed by atoms with van der Waals surface area (Å²) >= 11 is 0. The molecule has 0 fully saturated rings. The average Bonchev–Trinajstić information content (AvgIpc) is 2.12. The van der Waals surface area contributed by atoms with Crippen LogP contribution in [0.4, 0.5) is 0 Å². The third kappa shape index (κ3) is 6.66. The Morgan fingerprint density at radius 1 is 1.43 bits per heavy atom. The van der Waals surface area contributed by atoms with Crippen LogP contribution in [-0.4, -0.2) is 30.9 Å². The van der Waals surface area contributed by atoms with Crippen molar-refractivity contribution in [2.45, 2.75) is 33.1 Å². The lowest BCUT2D eigenvalue weighted by Crippen LogP contribution is -2.20. The van der Waals surface area contributed by atoms with Gasteiger partial charge in [0.25, 0.3) is 0 Å². The number of nitrogens with zero attached hydrogens (tertiary/aromatic N) is 1. The minimum Gasteiger partial charge on any atom is -0.366 e. The van der Waals surface area contributed by atoms with E-state index in [1.54, 1.807) is 6.92 Å². The van der Waals surface area contributed by atoms with Gasteiger partial charge in [0.2, 0.25) is 5.91 Å². The predicted molar refractivity (Wildman–Crippen MR) is 60.0 cm³/mol. The summed E-state index contributed by atoms with van der Waals surface area (Å²) in [4.78, 5) is 13.0. The molecule has 0 aliphatic rings. The highest BCUT2D eigenvalue weighted by atomic mass is 16.1. The standard InChI is InChI=1S/C11H22N2O/c1-4-8-13(3)9-6-5-7-10(2)11(12)14/h7H,4-6,8-9H2,1-3H3,(H2,12,14). The van der Waals surface area contributed by atoms with Crippen molar-refractivity contribution < 1.29 is 4.79 Å². The van der Waals surface area contributed by atoms with E-state index in [9.17, 15) is 4.79 Å². The number of rotatable bonds is 7. The number of nitrogens with two attached hydrogens (primary N) is 1. The van der Waals surface area contributed by atoms with Crippen molar-refractivity contribution in [3.05, 3.63) is 11.6 Å². The Hall–Kier alpha value is -0.830. The molecular weight excluding hydrogens is 176 g/mol. The van der Waals surface area contributed by atoms with Gasteiger partial charge in [0.15, 0.2) is 0 Å². The molecule has 0 radical (unpaired) electrons. The summed E-state index contributed by atoms with van der Waals surface area (Å²) in [5.41, 5.74) is 5.78. The Morgan fingerprint density at radius 3 is 2.57 bits per heavy atom. The highest BCUT2D eigenvalue weighted by Gasteiger charge is 1.97. The number of unbranched alkanes of at least 4 members (excludes halogenated alkanes) is 1. The van der Waals surface area contributed by atoms with Crippen molar-refractivity contribution in [2.75, 3.05) is 20.1 Å². The maximum Gasteiger partial charge on any atom is 0.244 e. The molecule has 0 unspecified atom stereocenters. The zero-order valence-corrected chi connectivity index (χ0v) is 9.55. The fourth-order valence-electron chi connectivity index (χ4n) is 1.27. The lowest BCUT2D eigenvalue weighted by molar-refractivity contribution is -0.114. The van der Waals surface area contributed by atoms with Gasteiger partial charge in [-0.15, -0.1) is 0 Å². The van der Waals surface area contributed by atoms with E-state index >= 15 is 0 Å². The molecule has 0 heterocycles. The zero-order valence-electron chi connectivity index (χ0n) is 9.55. The third-order valence-corrected chi connectivity index (χ3v) is 2.19. The molecule has 0 saturated carbocycles. The van der Waals surface area contributed by atoms with Crippen LogP contribution in [0.25, 0.3) is 0 Å². The van der Waals surface area contributed by atoms with Gasteiger partial charge in [0.05, 0.1) is 0 Å². The first-order valence-corrected chi connectivity index (χ1v) is 5.23. The fourth-order valence-corrected chi connectivity index (χ4v) is 1.27. The predicted octanol–water partition coefficient (Wildman–Crippen LogP) is 1.54. The number of carbonyl (C=O) groups excluding carboxylic acids is 1. The van der Waals surface area contributed by atoms with E-state index in [2.05, 4.69) is 18.9 Å². The van der Waals surface area contributed by atoms with Crippen molar-refractivity contribution in [2.24, 2.45) is 5.73 Å². The second-order valence-electron chi connectivity index (χ2n) is 3.70. The minimum atomic E-state index is -0.313. The highest BCUT2D eigenvalue weighted by molar-refractivity contribution is 5.91. The second kappa shape index (κ2) is 7.56. The van der Waals surface area contributed by atoms with Crippen molar-refractivity contribution >= 4 is 5.91 Å². The number of hydrogen-bond donors (Lipinski definition) is 1. The van der Waals surface area contributed by atoms with Crippen LogP contribution in [-0.2, 0) is 4.79 Å². The SMILES string of the molecule is CCCN(C)CCCC=C(C)C(N)=O. The molecule has 0 spiro atoms. The van der Waals surface area contributed by atoms with Crippen molar-refractivity contribution in [3.63, 3.8) is 0 Å². The van der Waals surface area contributed by atoms with Gasteiger partial charge < -0.3 is 10.6 Å². The van der Waals surface area contributed by atoms with E-state index in [1.165, 1.54) is 6.42 Å². The third-order valence-electron chi connectivity index (χ3n) is 2.19. The molecule has 1 amide bonds. The first kappa shape index (κ1) is 13.2. The van der Waals surface area contributed by atoms with Gasteiger partial charge in [0, 0.05) is 5.57 Å². The Kier molecular flexibility index (Phi) is 7.11. The van der Waals surface area contributed by atoms with Crippen LogP contribution in [0.5, 0.6) is 0 Å². The summed E-state index contributed by atoms with van der Waals surface area (Å²) in [6.45, 7) is 6.15. The largest absolute Gasteiger partial charge is 0.366 e.